The van der Waals surface area contributed by atoms with Gasteiger partial charge < -0.3 is 10.7 Å². The average molecular weight is 250 g/mol. The van der Waals surface area contributed by atoms with E-state index < -0.39 is 0 Å². The standard InChI is InChI=1S/C15H14N4/c16-9-11-1-3-12(4-2-11)15-18-8-6-14(19-15)13-5-7-17-10-13/h1-8,10,17H,9,16H2. The molecule has 0 saturated carbocycles. The lowest BCUT2D eigenvalue weighted by Crippen LogP contribution is -1.96. The number of hydrogen-bond acceptors (Lipinski definition) is 3. The van der Waals surface area contributed by atoms with Crippen molar-refractivity contribution in [3.8, 4) is 22.6 Å². The number of aromatic nitrogens is 3. The van der Waals surface area contributed by atoms with Crippen LogP contribution in [0.2, 0.25) is 0 Å². The smallest absolute Gasteiger partial charge is 0.159 e. The van der Waals surface area contributed by atoms with Crippen molar-refractivity contribution < 1.29 is 0 Å². The molecule has 0 atom stereocenters. The van der Waals surface area contributed by atoms with Gasteiger partial charge in [0.25, 0.3) is 0 Å². The van der Waals surface area contributed by atoms with Gasteiger partial charge in [0.05, 0.1) is 5.69 Å². The fraction of sp³-hybridized carbons (Fsp3) is 0.0667. The molecule has 0 radical (unpaired) electrons. The van der Waals surface area contributed by atoms with E-state index in [0.717, 1.165) is 28.2 Å². The molecule has 3 aromatic rings. The van der Waals surface area contributed by atoms with Crippen molar-refractivity contribution in [1.29, 1.82) is 0 Å². The zero-order chi connectivity index (χ0) is 13.1. The molecule has 0 aliphatic carbocycles. The first-order valence-electron chi connectivity index (χ1n) is 6.12. The van der Waals surface area contributed by atoms with Crippen molar-refractivity contribution in [2.45, 2.75) is 6.54 Å². The number of aromatic amines is 1. The maximum Gasteiger partial charge on any atom is 0.159 e. The SMILES string of the molecule is NCc1ccc(-c2nccc(-c3cc[nH]c3)n2)cc1. The minimum atomic E-state index is 0.546. The van der Waals surface area contributed by atoms with Crippen LogP contribution in [0.25, 0.3) is 22.6 Å². The normalized spacial score (nSPS) is 10.6. The molecule has 19 heavy (non-hydrogen) atoms. The summed E-state index contributed by atoms with van der Waals surface area (Å²) in [6.07, 6.45) is 5.58. The van der Waals surface area contributed by atoms with Gasteiger partial charge in [0.1, 0.15) is 0 Å². The third kappa shape index (κ3) is 2.39. The van der Waals surface area contributed by atoms with Gasteiger partial charge in [-0.05, 0) is 17.7 Å². The number of nitrogens with zero attached hydrogens (tertiary/aromatic N) is 2. The van der Waals surface area contributed by atoms with Gasteiger partial charge >= 0.3 is 0 Å². The summed E-state index contributed by atoms with van der Waals surface area (Å²) in [6, 6.07) is 11.9. The van der Waals surface area contributed by atoms with Gasteiger partial charge in [-0.2, -0.15) is 0 Å². The van der Waals surface area contributed by atoms with E-state index in [4.69, 9.17) is 5.73 Å². The average Bonchev–Trinajstić information content (AvgIpc) is 3.02. The molecule has 2 aromatic heterocycles. The zero-order valence-corrected chi connectivity index (χ0v) is 10.4. The Balaban J connectivity index is 1.98. The molecular formula is C15H14N4. The van der Waals surface area contributed by atoms with Gasteiger partial charge in [-0.25, -0.2) is 9.97 Å². The largest absolute Gasteiger partial charge is 0.367 e. The predicted octanol–water partition coefficient (Wildman–Crippen LogP) is 2.60. The number of rotatable bonds is 3. The van der Waals surface area contributed by atoms with Crippen LogP contribution in [-0.2, 0) is 6.54 Å². The molecule has 0 unspecified atom stereocenters. The van der Waals surface area contributed by atoms with E-state index in [-0.39, 0.29) is 0 Å². The van der Waals surface area contributed by atoms with Crippen molar-refractivity contribution in [2.24, 2.45) is 5.73 Å². The molecule has 4 nitrogen and oxygen atoms in total. The van der Waals surface area contributed by atoms with Crippen molar-refractivity contribution in [1.82, 2.24) is 15.0 Å². The molecule has 0 aliphatic rings. The van der Waals surface area contributed by atoms with Crippen molar-refractivity contribution >= 4 is 0 Å². The fourth-order valence-electron chi connectivity index (χ4n) is 1.93. The molecule has 94 valence electrons. The first kappa shape index (κ1) is 11.6. The second kappa shape index (κ2) is 5.04. The van der Waals surface area contributed by atoms with Gasteiger partial charge in [0.2, 0.25) is 0 Å². The summed E-state index contributed by atoms with van der Waals surface area (Å²) in [7, 11) is 0. The maximum atomic E-state index is 5.59. The van der Waals surface area contributed by atoms with E-state index in [9.17, 15) is 0 Å². The van der Waals surface area contributed by atoms with Gasteiger partial charge in [-0.3, -0.25) is 0 Å². The van der Waals surface area contributed by atoms with Gasteiger partial charge in [-0.15, -0.1) is 0 Å². The van der Waals surface area contributed by atoms with Gasteiger partial charge in [0.15, 0.2) is 5.82 Å². The topological polar surface area (TPSA) is 67.6 Å². The van der Waals surface area contributed by atoms with E-state index in [1.54, 1.807) is 6.20 Å². The Morgan fingerprint density at radius 3 is 2.53 bits per heavy atom. The zero-order valence-electron chi connectivity index (χ0n) is 10.4. The van der Waals surface area contributed by atoms with E-state index in [2.05, 4.69) is 15.0 Å². The van der Waals surface area contributed by atoms with Gasteiger partial charge in [0, 0.05) is 36.3 Å². The summed E-state index contributed by atoms with van der Waals surface area (Å²) in [4.78, 5) is 11.9. The third-order valence-corrected chi connectivity index (χ3v) is 3.00. The van der Waals surface area contributed by atoms with E-state index >= 15 is 0 Å². The first-order chi connectivity index (χ1) is 9.36. The monoisotopic (exact) mass is 250 g/mol. The highest BCUT2D eigenvalue weighted by Crippen LogP contribution is 2.20. The van der Waals surface area contributed by atoms with Crippen LogP contribution in [0.1, 0.15) is 5.56 Å². The van der Waals surface area contributed by atoms with Crippen LogP contribution >= 0.6 is 0 Å². The Labute approximate surface area is 111 Å². The maximum absolute atomic E-state index is 5.59. The third-order valence-electron chi connectivity index (χ3n) is 3.00. The van der Waals surface area contributed by atoms with Crippen LogP contribution in [0.3, 0.4) is 0 Å². The number of hydrogen-bond donors (Lipinski definition) is 2. The Morgan fingerprint density at radius 1 is 1.00 bits per heavy atom. The molecule has 0 bridgehead atoms. The second-order valence-electron chi connectivity index (χ2n) is 4.27. The molecule has 0 saturated heterocycles. The number of nitrogens with two attached hydrogens (primary N) is 1. The highest BCUT2D eigenvalue weighted by atomic mass is 14.9. The Bertz CT molecular complexity index is 657. The lowest BCUT2D eigenvalue weighted by Gasteiger charge is -2.03. The minimum Gasteiger partial charge on any atom is -0.367 e. The highest BCUT2D eigenvalue weighted by molar-refractivity contribution is 5.62. The summed E-state index contributed by atoms with van der Waals surface area (Å²) in [5.41, 5.74) is 9.66. The van der Waals surface area contributed by atoms with Gasteiger partial charge in [-0.1, -0.05) is 24.3 Å². The molecule has 0 aliphatic heterocycles. The molecule has 0 spiro atoms. The lowest BCUT2D eigenvalue weighted by atomic mass is 10.1. The quantitative estimate of drug-likeness (QED) is 0.750. The van der Waals surface area contributed by atoms with Crippen LogP contribution in [0.4, 0.5) is 0 Å². The van der Waals surface area contributed by atoms with Crippen LogP contribution < -0.4 is 5.73 Å². The summed E-state index contributed by atoms with van der Waals surface area (Å²) in [5.74, 6) is 0.724. The summed E-state index contributed by atoms with van der Waals surface area (Å²) in [6.45, 7) is 0.546. The molecule has 0 amide bonds. The van der Waals surface area contributed by atoms with Crippen molar-refractivity contribution in [3.63, 3.8) is 0 Å². The molecule has 3 rings (SSSR count). The number of benzene rings is 1. The van der Waals surface area contributed by atoms with Crippen LogP contribution in [-0.4, -0.2) is 15.0 Å². The van der Waals surface area contributed by atoms with Crippen molar-refractivity contribution in [3.05, 3.63) is 60.6 Å². The summed E-state index contributed by atoms with van der Waals surface area (Å²) >= 11 is 0. The highest BCUT2D eigenvalue weighted by Gasteiger charge is 2.04. The van der Waals surface area contributed by atoms with Crippen molar-refractivity contribution in [2.75, 3.05) is 0 Å². The summed E-state index contributed by atoms with van der Waals surface area (Å²) in [5, 5.41) is 0. The number of nitrogens with one attached hydrogen (secondary N) is 1. The van der Waals surface area contributed by atoms with E-state index in [1.165, 1.54) is 0 Å². The van der Waals surface area contributed by atoms with E-state index in [1.807, 2.05) is 48.8 Å². The Hall–Kier alpha value is -2.46. The number of H-pyrrole nitrogens is 1. The second-order valence-corrected chi connectivity index (χ2v) is 4.27. The molecule has 4 heteroatoms. The minimum absolute atomic E-state index is 0.546. The van der Waals surface area contributed by atoms with E-state index in [0.29, 0.717) is 6.54 Å². The van der Waals surface area contributed by atoms with Crippen LogP contribution in [0.15, 0.2) is 55.0 Å². The van der Waals surface area contributed by atoms with Crippen LogP contribution in [0.5, 0.6) is 0 Å². The molecule has 0 fully saturated rings. The Morgan fingerprint density at radius 2 is 1.84 bits per heavy atom. The summed E-state index contributed by atoms with van der Waals surface area (Å²) < 4.78 is 0. The fourth-order valence-corrected chi connectivity index (χ4v) is 1.93. The Kier molecular flexibility index (Phi) is 3.08. The molecular weight excluding hydrogens is 236 g/mol. The molecule has 2 heterocycles. The molecule has 3 N–H and O–H groups in total. The predicted molar refractivity (Wildman–Crippen MR) is 75.1 cm³/mol. The first-order valence-corrected chi connectivity index (χ1v) is 6.12. The molecule has 1 aromatic carbocycles. The lowest BCUT2D eigenvalue weighted by molar-refractivity contribution is 1.07. The van der Waals surface area contributed by atoms with Crippen LogP contribution in [0, 0.1) is 0 Å².